The van der Waals surface area contributed by atoms with E-state index < -0.39 is 5.97 Å². The lowest BCUT2D eigenvalue weighted by Crippen LogP contribution is -2.22. The summed E-state index contributed by atoms with van der Waals surface area (Å²) >= 11 is 0. The molecular weight excluding hydrogens is 216 g/mol. The maximum Gasteiger partial charge on any atom is 0.339 e. The van der Waals surface area contributed by atoms with Crippen LogP contribution in [0.4, 0.5) is 5.82 Å². The number of aryl methyl sites for hydroxylation is 2. The molecule has 17 heavy (non-hydrogen) atoms. The number of rotatable bonds is 3. The summed E-state index contributed by atoms with van der Waals surface area (Å²) in [5, 5.41) is 9.24. The van der Waals surface area contributed by atoms with Gasteiger partial charge in [-0.3, -0.25) is 0 Å². The van der Waals surface area contributed by atoms with Crippen molar-refractivity contribution in [1.29, 1.82) is 0 Å². The Morgan fingerprint density at radius 1 is 1.47 bits per heavy atom. The highest BCUT2D eigenvalue weighted by Crippen LogP contribution is 2.26. The van der Waals surface area contributed by atoms with Crippen LogP contribution in [0.1, 0.15) is 41.4 Å². The van der Waals surface area contributed by atoms with Gasteiger partial charge >= 0.3 is 5.97 Å². The number of anilines is 1. The molecule has 4 nitrogen and oxygen atoms in total. The van der Waals surface area contributed by atoms with Gasteiger partial charge in [0.15, 0.2) is 0 Å². The molecule has 92 valence electrons. The molecule has 0 saturated heterocycles. The third-order valence-electron chi connectivity index (χ3n) is 3.35. The van der Waals surface area contributed by atoms with Crippen LogP contribution in [0.3, 0.4) is 0 Å². The van der Waals surface area contributed by atoms with Crippen LogP contribution in [0.5, 0.6) is 0 Å². The van der Waals surface area contributed by atoms with E-state index in [2.05, 4.69) is 4.98 Å². The number of carbonyl (C=O) groups is 1. The number of carboxylic acids is 1. The van der Waals surface area contributed by atoms with E-state index in [1.54, 1.807) is 0 Å². The van der Waals surface area contributed by atoms with Crippen LogP contribution in [0.15, 0.2) is 6.07 Å². The van der Waals surface area contributed by atoms with E-state index in [1.165, 1.54) is 0 Å². The van der Waals surface area contributed by atoms with Gasteiger partial charge in [0.05, 0.1) is 0 Å². The van der Waals surface area contributed by atoms with Crippen molar-refractivity contribution < 1.29 is 9.90 Å². The summed E-state index contributed by atoms with van der Waals surface area (Å²) in [7, 11) is 1.88. The summed E-state index contributed by atoms with van der Waals surface area (Å²) in [5.41, 5.74) is 2.52. The lowest BCUT2D eigenvalue weighted by molar-refractivity contribution is 0.0697. The monoisotopic (exact) mass is 234 g/mol. The second kappa shape index (κ2) is 4.73. The first-order valence-corrected chi connectivity index (χ1v) is 6.10. The zero-order valence-corrected chi connectivity index (χ0v) is 10.4. The van der Waals surface area contributed by atoms with E-state index in [0.717, 1.165) is 43.5 Å². The third kappa shape index (κ3) is 2.25. The molecule has 0 unspecified atom stereocenters. The molecule has 0 fully saturated rings. The Morgan fingerprint density at radius 2 is 2.18 bits per heavy atom. The second-order valence-electron chi connectivity index (χ2n) is 4.49. The summed E-state index contributed by atoms with van der Waals surface area (Å²) in [5.74, 6) is -0.290. The molecule has 1 aromatic rings. The van der Waals surface area contributed by atoms with Crippen LogP contribution in [0, 0.1) is 0 Å². The molecule has 0 atom stereocenters. The van der Waals surface area contributed by atoms with E-state index in [-0.39, 0.29) is 0 Å². The highest BCUT2D eigenvalue weighted by Gasteiger charge is 2.20. The molecule has 1 aliphatic carbocycles. The Hall–Kier alpha value is -1.58. The van der Waals surface area contributed by atoms with Gasteiger partial charge in [-0.05, 0) is 44.2 Å². The molecule has 0 amide bonds. The Kier molecular flexibility index (Phi) is 3.31. The van der Waals surface area contributed by atoms with E-state index in [1.807, 2.05) is 24.9 Å². The predicted molar refractivity (Wildman–Crippen MR) is 66.8 cm³/mol. The van der Waals surface area contributed by atoms with Crippen LogP contribution in [0.2, 0.25) is 0 Å². The topological polar surface area (TPSA) is 53.4 Å². The summed E-state index contributed by atoms with van der Waals surface area (Å²) in [6, 6.07) is 1.81. The average Bonchev–Trinajstić information content (AvgIpc) is 2.36. The third-order valence-corrected chi connectivity index (χ3v) is 3.35. The molecule has 4 heteroatoms. The highest BCUT2D eigenvalue weighted by molar-refractivity contribution is 5.93. The second-order valence-corrected chi connectivity index (χ2v) is 4.49. The van der Waals surface area contributed by atoms with E-state index in [4.69, 9.17) is 0 Å². The molecule has 1 heterocycles. The SMILES string of the molecule is CCN(C)c1nc2c(cc1C(=O)O)CCCC2. The number of aromatic nitrogens is 1. The van der Waals surface area contributed by atoms with E-state index in [0.29, 0.717) is 11.4 Å². The van der Waals surface area contributed by atoms with Crippen molar-refractivity contribution in [2.45, 2.75) is 32.6 Å². The minimum absolute atomic E-state index is 0.329. The summed E-state index contributed by atoms with van der Waals surface area (Å²) in [6.07, 6.45) is 4.22. The molecule has 0 spiro atoms. The van der Waals surface area contributed by atoms with Crippen LogP contribution in [-0.4, -0.2) is 29.7 Å². The Bertz CT molecular complexity index is 443. The number of carboxylic acid groups (broad SMARTS) is 1. The Labute approximate surface area is 101 Å². The van der Waals surface area contributed by atoms with Gasteiger partial charge in [-0.25, -0.2) is 9.78 Å². The van der Waals surface area contributed by atoms with Gasteiger partial charge in [0.2, 0.25) is 0 Å². The molecule has 0 radical (unpaired) electrons. The standard InChI is InChI=1S/C13H18N2O2/c1-3-15(2)12-10(13(16)17)8-9-6-4-5-7-11(9)14-12/h8H,3-7H2,1-2H3,(H,16,17). The van der Waals surface area contributed by atoms with Crippen molar-refractivity contribution in [2.24, 2.45) is 0 Å². The van der Waals surface area contributed by atoms with Crippen molar-refractivity contribution in [1.82, 2.24) is 4.98 Å². The Balaban J connectivity index is 2.51. The van der Waals surface area contributed by atoms with Crippen molar-refractivity contribution in [2.75, 3.05) is 18.5 Å². The Morgan fingerprint density at radius 3 is 2.82 bits per heavy atom. The fourth-order valence-electron chi connectivity index (χ4n) is 2.22. The highest BCUT2D eigenvalue weighted by atomic mass is 16.4. The number of hydrogen-bond acceptors (Lipinski definition) is 3. The quantitative estimate of drug-likeness (QED) is 0.870. The maximum atomic E-state index is 11.3. The predicted octanol–water partition coefficient (Wildman–Crippen LogP) is 2.11. The van der Waals surface area contributed by atoms with Gasteiger partial charge in [0, 0.05) is 19.3 Å². The zero-order chi connectivity index (χ0) is 12.4. The van der Waals surface area contributed by atoms with Gasteiger partial charge < -0.3 is 10.0 Å². The molecule has 1 N–H and O–H groups in total. The molecule has 0 aliphatic heterocycles. The minimum Gasteiger partial charge on any atom is -0.478 e. The molecule has 0 bridgehead atoms. The summed E-state index contributed by atoms with van der Waals surface area (Å²) in [4.78, 5) is 17.7. The van der Waals surface area contributed by atoms with Crippen molar-refractivity contribution in [3.63, 3.8) is 0 Å². The molecule has 0 saturated carbocycles. The van der Waals surface area contributed by atoms with Crippen molar-refractivity contribution >= 4 is 11.8 Å². The largest absolute Gasteiger partial charge is 0.478 e. The maximum absolute atomic E-state index is 11.3. The number of pyridine rings is 1. The normalized spacial score (nSPS) is 14.2. The van der Waals surface area contributed by atoms with Crippen molar-refractivity contribution in [3.8, 4) is 0 Å². The van der Waals surface area contributed by atoms with Crippen LogP contribution >= 0.6 is 0 Å². The van der Waals surface area contributed by atoms with Gasteiger partial charge in [0.1, 0.15) is 11.4 Å². The first kappa shape index (κ1) is 11.9. The van der Waals surface area contributed by atoms with Crippen LogP contribution in [-0.2, 0) is 12.8 Å². The van der Waals surface area contributed by atoms with Crippen LogP contribution < -0.4 is 4.90 Å². The van der Waals surface area contributed by atoms with E-state index in [9.17, 15) is 9.90 Å². The summed E-state index contributed by atoms with van der Waals surface area (Å²) < 4.78 is 0. The summed E-state index contributed by atoms with van der Waals surface area (Å²) in [6.45, 7) is 2.75. The van der Waals surface area contributed by atoms with Crippen molar-refractivity contribution in [3.05, 3.63) is 22.9 Å². The number of aromatic carboxylic acids is 1. The van der Waals surface area contributed by atoms with Gasteiger partial charge in [-0.2, -0.15) is 0 Å². The molecule has 1 aliphatic rings. The fraction of sp³-hybridized carbons (Fsp3) is 0.538. The van der Waals surface area contributed by atoms with Crippen LogP contribution in [0.25, 0.3) is 0 Å². The number of nitrogens with zero attached hydrogens (tertiary/aromatic N) is 2. The first-order valence-electron chi connectivity index (χ1n) is 6.10. The fourth-order valence-corrected chi connectivity index (χ4v) is 2.22. The van der Waals surface area contributed by atoms with Gasteiger partial charge in [-0.1, -0.05) is 0 Å². The zero-order valence-electron chi connectivity index (χ0n) is 10.4. The number of hydrogen-bond donors (Lipinski definition) is 1. The van der Waals surface area contributed by atoms with Gasteiger partial charge in [-0.15, -0.1) is 0 Å². The smallest absolute Gasteiger partial charge is 0.339 e. The van der Waals surface area contributed by atoms with E-state index >= 15 is 0 Å². The molecule has 1 aromatic heterocycles. The first-order chi connectivity index (χ1) is 8.13. The molecular formula is C13H18N2O2. The average molecular weight is 234 g/mol. The lowest BCUT2D eigenvalue weighted by Gasteiger charge is -2.22. The molecule has 2 rings (SSSR count). The molecule has 0 aromatic carbocycles. The lowest BCUT2D eigenvalue weighted by atomic mass is 9.94. The van der Waals surface area contributed by atoms with Gasteiger partial charge in [0.25, 0.3) is 0 Å². The number of fused-ring (bicyclic) bond motifs is 1. The minimum atomic E-state index is -0.888.